The van der Waals surface area contributed by atoms with Crippen molar-refractivity contribution >= 4 is 5.84 Å². The van der Waals surface area contributed by atoms with Crippen LogP contribution in [0.25, 0.3) is 0 Å². The second kappa shape index (κ2) is 6.21. The molecule has 1 heterocycles. The number of rotatable bonds is 7. The van der Waals surface area contributed by atoms with Crippen LogP contribution in [0.15, 0.2) is 5.16 Å². The van der Waals surface area contributed by atoms with Gasteiger partial charge in [-0.05, 0) is 44.6 Å². The highest BCUT2D eigenvalue weighted by Crippen LogP contribution is 2.38. The predicted molar refractivity (Wildman–Crippen MR) is 66.1 cm³/mol. The first kappa shape index (κ1) is 12.6. The van der Waals surface area contributed by atoms with Crippen molar-refractivity contribution in [2.24, 2.45) is 16.8 Å². The third-order valence-corrected chi connectivity index (χ3v) is 3.62. The Kier molecular flexibility index (Phi) is 4.62. The van der Waals surface area contributed by atoms with E-state index in [1.807, 2.05) is 0 Å². The van der Waals surface area contributed by atoms with Gasteiger partial charge in [-0.15, -0.1) is 0 Å². The van der Waals surface area contributed by atoms with E-state index in [-0.39, 0.29) is 0 Å². The Balaban J connectivity index is 1.55. The molecule has 0 spiro atoms. The smallest absolute Gasteiger partial charge is 0.139 e. The van der Waals surface area contributed by atoms with Gasteiger partial charge in [0.25, 0.3) is 0 Å². The van der Waals surface area contributed by atoms with Gasteiger partial charge in [0.15, 0.2) is 0 Å². The molecule has 4 N–H and O–H groups in total. The Morgan fingerprint density at radius 2 is 2.18 bits per heavy atom. The van der Waals surface area contributed by atoms with Gasteiger partial charge < -0.3 is 21.0 Å². The van der Waals surface area contributed by atoms with Crippen LogP contribution in [0.1, 0.15) is 38.5 Å². The fourth-order valence-corrected chi connectivity index (χ4v) is 2.49. The summed E-state index contributed by atoms with van der Waals surface area (Å²) < 4.78 is 5.77. The highest BCUT2D eigenvalue weighted by atomic mass is 16.5. The van der Waals surface area contributed by atoms with Crippen LogP contribution in [-0.2, 0) is 4.74 Å². The lowest BCUT2D eigenvalue weighted by Gasteiger charge is -2.19. The lowest BCUT2D eigenvalue weighted by molar-refractivity contribution is 0.0811. The highest BCUT2D eigenvalue weighted by Gasteiger charge is 2.40. The summed E-state index contributed by atoms with van der Waals surface area (Å²) in [7, 11) is 0. The van der Waals surface area contributed by atoms with E-state index in [0.717, 1.165) is 38.3 Å². The zero-order chi connectivity index (χ0) is 12.1. The molecule has 1 aliphatic heterocycles. The highest BCUT2D eigenvalue weighted by molar-refractivity contribution is 5.79. The van der Waals surface area contributed by atoms with Gasteiger partial charge in [0.05, 0.1) is 6.10 Å². The predicted octanol–water partition coefficient (Wildman–Crippen LogP) is 1.06. The van der Waals surface area contributed by atoms with Crippen LogP contribution >= 0.6 is 0 Å². The molecule has 0 amide bonds. The van der Waals surface area contributed by atoms with E-state index in [9.17, 15) is 0 Å². The van der Waals surface area contributed by atoms with Gasteiger partial charge in [0.1, 0.15) is 5.84 Å². The lowest BCUT2D eigenvalue weighted by Crippen LogP contribution is -2.38. The van der Waals surface area contributed by atoms with Crippen LogP contribution in [0, 0.1) is 5.92 Å². The monoisotopic (exact) mass is 241 g/mol. The molecule has 5 nitrogen and oxygen atoms in total. The van der Waals surface area contributed by atoms with Crippen molar-refractivity contribution in [1.82, 2.24) is 5.32 Å². The molecule has 0 bridgehead atoms. The maximum atomic E-state index is 8.40. The van der Waals surface area contributed by atoms with Crippen molar-refractivity contribution < 1.29 is 9.94 Å². The molecule has 0 radical (unpaired) electrons. The number of ether oxygens (including phenoxy) is 1. The summed E-state index contributed by atoms with van der Waals surface area (Å²) in [5.41, 5.74) is 5.41. The molecule has 1 saturated carbocycles. The number of amidine groups is 1. The average molecular weight is 241 g/mol. The van der Waals surface area contributed by atoms with Crippen molar-refractivity contribution in [1.29, 1.82) is 0 Å². The molecule has 2 atom stereocenters. The summed E-state index contributed by atoms with van der Waals surface area (Å²) in [5.74, 6) is 1.14. The molecule has 2 aliphatic rings. The molecule has 98 valence electrons. The second-order valence-electron chi connectivity index (χ2n) is 5.07. The van der Waals surface area contributed by atoms with E-state index >= 15 is 0 Å². The van der Waals surface area contributed by atoms with E-state index in [0.29, 0.717) is 24.4 Å². The number of nitrogens with two attached hydrogens (primary N) is 1. The number of nitrogens with zero attached hydrogens (tertiary/aromatic N) is 1. The van der Waals surface area contributed by atoms with Crippen LogP contribution in [0.3, 0.4) is 0 Å². The molecule has 2 rings (SSSR count). The van der Waals surface area contributed by atoms with Gasteiger partial charge in [-0.1, -0.05) is 5.16 Å². The Bertz CT molecular complexity index is 266. The first-order valence-electron chi connectivity index (χ1n) is 6.62. The Morgan fingerprint density at radius 1 is 1.35 bits per heavy atom. The van der Waals surface area contributed by atoms with Crippen LogP contribution in [0.5, 0.6) is 0 Å². The molecule has 2 fully saturated rings. The molecule has 1 aliphatic carbocycles. The Hall–Kier alpha value is -0.810. The summed E-state index contributed by atoms with van der Waals surface area (Å²) in [5, 5.41) is 14.9. The van der Waals surface area contributed by atoms with Crippen molar-refractivity contribution in [2.45, 2.75) is 50.7 Å². The minimum Gasteiger partial charge on any atom is -0.409 e. The normalized spacial score (nSPS) is 29.8. The van der Waals surface area contributed by atoms with E-state index in [2.05, 4.69) is 10.5 Å². The lowest BCUT2D eigenvalue weighted by atomic mass is 10.1. The molecule has 1 saturated heterocycles. The first-order chi connectivity index (χ1) is 8.31. The minimum atomic E-state index is 0.324. The van der Waals surface area contributed by atoms with Crippen LogP contribution in [0.2, 0.25) is 0 Å². The zero-order valence-electron chi connectivity index (χ0n) is 10.3. The number of nitrogens with one attached hydrogen (secondary N) is 1. The minimum absolute atomic E-state index is 0.324. The van der Waals surface area contributed by atoms with Crippen molar-refractivity contribution in [3.05, 3.63) is 0 Å². The molecule has 2 unspecified atom stereocenters. The van der Waals surface area contributed by atoms with Crippen LogP contribution in [-0.4, -0.2) is 36.3 Å². The maximum Gasteiger partial charge on any atom is 0.139 e. The molecular weight excluding hydrogens is 218 g/mol. The van der Waals surface area contributed by atoms with E-state index in [4.69, 9.17) is 15.7 Å². The van der Waals surface area contributed by atoms with Gasteiger partial charge in [0.2, 0.25) is 0 Å². The summed E-state index contributed by atoms with van der Waals surface area (Å²) in [6.45, 7) is 1.90. The van der Waals surface area contributed by atoms with Gasteiger partial charge in [0, 0.05) is 19.1 Å². The van der Waals surface area contributed by atoms with Gasteiger partial charge in [-0.2, -0.15) is 0 Å². The second-order valence-corrected chi connectivity index (χ2v) is 5.07. The number of hydrogen-bond acceptors (Lipinski definition) is 4. The molecular formula is C12H23N3O2. The first-order valence-corrected chi connectivity index (χ1v) is 6.62. The standard InChI is InChI=1S/C12H23N3O2/c13-11(15-16)3-1-2-7-14-10-6-8-17-12(10)9-4-5-9/h9-10,12,14,16H,1-8H2,(H2,13,15). The fourth-order valence-electron chi connectivity index (χ4n) is 2.49. The van der Waals surface area contributed by atoms with Gasteiger partial charge in [-0.25, -0.2) is 0 Å². The van der Waals surface area contributed by atoms with Crippen molar-refractivity contribution in [3.63, 3.8) is 0 Å². The molecule has 0 aromatic heterocycles. The van der Waals surface area contributed by atoms with E-state index in [1.165, 1.54) is 12.8 Å². The van der Waals surface area contributed by atoms with E-state index in [1.54, 1.807) is 0 Å². The van der Waals surface area contributed by atoms with Crippen molar-refractivity contribution in [2.75, 3.05) is 13.2 Å². The number of unbranched alkanes of at least 4 members (excludes halogenated alkanes) is 1. The topological polar surface area (TPSA) is 79.9 Å². The maximum absolute atomic E-state index is 8.40. The molecule has 0 aromatic carbocycles. The van der Waals surface area contributed by atoms with Crippen molar-refractivity contribution in [3.8, 4) is 0 Å². The Labute approximate surface area is 102 Å². The third kappa shape index (κ3) is 3.85. The summed E-state index contributed by atoms with van der Waals surface area (Å²) >= 11 is 0. The quantitative estimate of drug-likeness (QED) is 0.205. The number of oxime groups is 1. The van der Waals surface area contributed by atoms with Crippen LogP contribution in [0.4, 0.5) is 0 Å². The Morgan fingerprint density at radius 3 is 2.88 bits per heavy atom. The zero-order valence-corrected chi connectivity index (χ0v) is 10.3. The molecule has 0 aromatic rings. The third-order valence-electron chi connectivity index (χ3n) is 3.62. The average Bonchev–Trinajstić information content (AvgIpc) is 3.08. The van der Waals surface area contributed by atoms with Gasteiger partial charge >= 0.3 is 0 Å². The molecule has 5 heteroatoms. The summed E-state index contributed by atoms with van der Waals surface area (Å²) in [6.07, 6.45) is 6.97. The van der Waals surface area contributed by atoms with E-state index < -0.39 is 0 Å². The SMILES string of the molecule is NC(CCCCNC1CCOC1C1CC1)=NO. The summed E-state index contributed by atoms with van der Waals surface area (Å²) in [4.78, 5) is 0. The fraction of sp³-hybridized carbons (Fsp3) is 0.917. The molecule has 17 heavy (non-hydrogen) atoms. The van der Waals surface area contributed by atoms with Crippen LogP contribution < -0.4 is 11.1 Å². The van der Waals surface area contributed by atoms with Gasteiger partial charge in [-0.3, -0.25) is 0 Å². The number of hydrogen-bond donors (Lipinski definition) is 3. The largest absolute Gasteiger partial charge is 0.409 e. The summed E-state index contributed by atoms with van der Waals surface area (Å²) in [6, 6.07) is 0.548.